The van der Waals surface area contributed by atoms with E-state index in [9.17, 15) is 0 Å². The number of thiocarbonyl (C=S) groups is 1. The van der Waals surface area contributed by atoms with E-state index in [2.05, 4.69) is 35.0 Å². The molecule has 7 heteroatoms. The fourth-order valence-corrected chi connectivity index (χ4v) is 3.69. The first kappa shape index (κ1) is 21.0. The first-order chi connectivity index (χ1) is 13.9. The van der Waals surface area contributed by atoms with Crippen LogP contribution in [0.4, 0.5) is 11.4 Å². The highest BCUT2D eigenvalue weighted by Gasteiger charge is 2.21. The highest BCUT2D eigenvalue weighted by atomic mass is 32.1. The molecule has 3 rings (SSSR count). The van der Waals surface area contributed by atoms with Gasteiger partial charge in [-0.15, -0.1) is 0 Å². The van der Waals surface area contributed by atoms with E-state index in [-0.39, 0.29) is 0 Å². The van der Waals surface area contributed by atoms with E-state index in [0.29, 0.717) is 0 Å². The lowest BCUT2D eigenvalue weighted by Crippen LogP contribution is -2.50. The number of methoxy groups -OCH3 is 3. The molecule has 0 spiro atoms. The maximum absolute atomic E-state index is 5.67. The fraction of sp³-hybridized carbons (Fsp3) is 0.409. The summed E-state index contributed by atoms with van der Waals surface area (Å²) in [6, 6.07) is 10.1. The third-order valence-corrected chi connectivity index (χ3v) is 5.69. The number of nitrogens with one attached hydrogen (secondary N) is 1. The van der Waals surface area contributed by atoms with E-state index in [1.807, 2.05) is 24.3 Å². The molecule has 156 valence electrons. The minimum Gasteiger partial charge on any atom is -0.497 e. The second-order valence-electron chi connectivity index (χ2n) is 7.11. The molecule has 1 N–H and O–H groups in total. The van der Waals surface area contributed by atoms with E-state index in [1.165, 1.54) is 11.1 Å². The van der Waals surface area contributed by atoms with E-state index >= 15 is 0 Å². The quantitative estimate of drug-likeness (QED) is 0.744. The number of rotatable bonds is 5. The molecule has 0 atom stereocenters. The SMILES string of the molecule is COc1cc(OC)cc(N2CCN(C(=S)Nc3cc(C)c(C)cc3OC)CC2)c1. The lowest BCUT2D eigenvalue weighted by atomic mass is 10.1. The molecular weight excluding hydrogens is 386 g/mol. The van der Waals surface area contributed by atoms with Gasteiger partial charge in [0.05, 0.1) is 27.0 Å². The Morgan fingerprint density at radius 1 is 0.828 bits per heavy atom. The van der Waals surface area contributed by atoms with Gasteiger partial charge in [0.25, 0.3) is 0 Å². The van der Waals surface area contributed by atoms with Crippen LogP contribution in [0.5, 0.6) is 17.2 Å². The molecule has 2 aromatic carbocycles. The normalized spacial score (nSPS) is 13.8. The van der Waals surface area contributed by atoms with Crippen LogP contribution in [0, 0.1) is 13.8 Å². The second-order valence-corrected chi connectivity index (χ2v) is 7.50. The molecule has 1 aliphatic rings. The van der Waals surface area contributed by atoms with Gasteiger partial charge in [0.2, 0.25) is 0 Å². The molecule has 0 aliphatic carbocycles. The Hall–Kier alpha value is -2.67. The van der Waals surface area contributed by atoms with Crippen LogP contribution in [0.15, 0.2) is 30.3 Å². The zero-order chi connectivity index (χ0) is 21.0. The van der Waals surface area contributed by atoms with E-state index in [1.54, 1.807) is 21.3 Å². The molecule has 0 bridgehead atoms. The number of hydrogen-bond donors (Lipinski definition) is 1. The lowest BCUT2D eigenvalue weighted by Gasteiger charge is -2.37. The summed E-state index contributed by atoms with van der Waals surface area (Å²) in [6.07, 6.45) is 0. The Balaban J connectivity index is 1.65. The summed E-state index contributed by atoms with van der Waals surface area (Å²) in [5.74, 6) is 2.39. The number of benzene rings is 2. The van der Waals surface area contributed by atoms with Gasteiger partial charge in [-0.05, 0) is 49.3 Å². The summed E-state index contributed by atoms with van der Waals surface area (Å²) in [5.41, 5.74) is 4.39. The molecule has 6 nitrogen and oxygen atoms in total. The van der Waals surface area contributed by atoms with Crippen molar-refractivity contribution in [2.75, 3.05) is 57.7 Å². The van der Waals surface area contributed by atoms with Gasteiger partial charge in [-0.3, -0.25) is 0 Å². The van der Waals surface area contributed by atoms with Crippen LogP contribution in [0.3, 0.4) is 0 Å². The Morgan fingerprint density at radius 2 is 1.41 bits per heavy atom. The zero-order valence-electron chi connectivity index (χ0n) is 17.7. The van der Waals surface area contributed by atoms with E-state index < -0.39 is 0 Å². The van der Waals surface area contributed by atoms with Crippen LogP contribution in [0.1, 0.15) is 11.1 Å². The van der Waals surface area contributed by atoms with Crippen LogP contribution in [-0.2, 0) is 0 Å². The van der Waals surface area contributed by atoms with E-state index in [0.717, 1.165) is 59.9 Å². The molecule has 0 radical (unpaired) electrons. The lowest BCUT2D eigenvalue weighted by molar-refractivity contribution is 0.384. The molecule has 29 heavy (non-hydrogen) atoms. The third kappa shape index (κ3) is 4.85. The van der Waals surface area contributed by atoms with Gasteiger partial charge < -0.3 is 29.3 Å². The maximum atomic E-state index is 5.67. The second kappa shape index (κ2) is 9.22. The monoisotopic (exact) mass is 415 g/mol. The first-order valence-corrected chi connectivity index (χ1v) is 10.0. The number of hydrogen-bond acceptors (Lipinski definition) is 5. The molecule has 0 amide bonds. The van der Waals surface area contributed by atoms with Crippen molar-refractivity contribution in [3.05, 3.63) is 41.5 Å². The Morgan fingerprint density at radius 3 is 1.97 bits per heavy atom. The molecule has 0 aromatic heterocycles. The summed E-state index contributed by atoms with van der Waals surface area (Å²) < 4.78 is 16.3. The zero-order valence-corrected chi connectivity index (χ0v) is 18.6. The van der Waals surface area contributed by atoms with Crippen LogP contribution >= 0.6 is 12.2 Å². The van der Waals surface area contributed by atoms with Gasteiger partial charge >= 0.3 is 0 Å². The minimum absolute atomic E-state index is 0.717. The number of piperazine rings is 1. The topological polar surface area (TPSA) is 46.2 Å². The predicted molar refractivity (Wildman–Crippen MR) is 122 cm³/mol. The summed E-state index contributed by atoms with van der Waals surface area (Å²) in [5, 5.41) is 4.08. The molecule has 1 aliphatic heterocycles. The summed E-state index contributed by atoms with van der Waals surface area (Å²) in [7, 11) is 5.02. The number of aryl methyl sites for hydroxylation is 2. The average molecular weight is 416 g/mol. The van der Waals surface area contributed by atoms with Crippen molar-refractivity contribution in [3.8, 4) is 17.2 Å². The van der Waals surface area contributed by atoms with Crippen molar-refractivity contribution in [2.24, 2.45) is 0 Å². The molecule has 0 unspecified atom stereocenters. The van der Waals surface area contributed by atoms with Gasteiger partial charge in [0, 0.05) is 50.1 Å². The van der Waals surface area contributed by atoms with Crippen molar-refractivity contribution in [1.29, 1.82) is 0 Å². The van der Waals surface area contributed by atoms with Crippen molar-refractivity contribution in [1.82, 2.24) is 4.90 Å². The van der Waals surface area contributed by atoms with E-state index in [4.69, 9.17) is 26.4 Å². The van der Waals surface area contributed by atoms with Crippen molar-refractivity contribution >= 4 is 28.7 Å². The van der Waals surface area contributed by atoms with Crippen molar-refractivity contribution in [2.45, 2.75) is 13.8 Å². The third-order valence-electron chi connectivity index (χ3n) is 5.33. The predicted octanol–water partition coefficient (Wildman–Crippen LogP) is 3.85. The van der Waals surface area contributed by atoms with Crippen LogP contribution in [-0.4, -0.2) is 57.5 Å². The van der Waals surface area contributed by atoms with Crippen LogP contribution in [0.25, 0.3) is 0 Å². The van der Waals surface area contributed by atoms with Gasteiger partial charge in [0.1, 0.15) is 17.2 Å². The summed E-state index contributed by atoms with van der Waals surface area (Å²) >= 11 is 5.67. The average Bonchev–Trinajstić information content (AvgIpc) is 2.75. The van der Waals surface area contributed by atoms with Crippen molar-refractivity contribution < 1.29 is 14.2 Å². The van der Waals surface area contributed by atoms with Gasteiger partial charge in [-0.1, -0.05) is 0 Å². The molecule has 1 saturated heterocycles. The Labute approximate surface area is 178 Å². The van der Waals surface area contributed by atoms with Gasteiger partial charge in [0.15, 0.2) is 5.11 Å². The number of ether oxygens (including phenoxy) is 3. The fourth-order valence-electron chi connectivity index (χ4n) is 3.39. The highest BCUT2D eigenvalue weighted by molar-refractivity contribution is 7.80. The minimum atomic E-state index is 0.717. The number of anilines is 2. The first-order valence-electron chi connectivity index (χ1n) is 9.64. The summed E-state index contributed by atoms with van der Waals surface area (Å²) in [6.45, 7) is 7.55. The van der Waals surface area contributed by atoms with Gasteiger partial charge in [-0.2, -0.15) is 0 Å². The molecule has 0 saturated carbocycles. The molecule has 1 heterocycles. The molecule has 2 aromatic rings. The Kier molecular flexibility index (Phi) is 6.69. The Bertz CT molecular complexity index is 858. The molecule has 1 fully saturated rings. The van der Waals surface area contributed by atoms with Crippen LogP contribution in [0.2, 0.25) is 0 Å². The maximum Gasteiger partial charge on any atom is 0.173 e. The summed E-state index contributed by atoms with van der Waals surface area (Å²) in [4.78, 5) is 4.51. The standard InChI is InChI=1S/C22H29N3O3S/c1-15-10-20(21(28-5)11-16(15)2)23-22(29)25-8-6-24(7-9-25)17-12-18(26-3)14-19(13-17)27-4/h10-14H,6-9H2,1-5H3,(H,23,29). The van der Waals surface area contributed by atoms with Crippen LogP contribution < -0.4 is 24.4 Å². The molecular formula is C22H29N3O3S. The smallest absolute Gasteiger partial charge is 0.173 e. The van der Waals surface area contributed by atoms with Crippen molar-refractivity contribution in [3.63, 3.8) is 0 Å². The number of nitrogens with zero attached hydrogens (tertiary/aromatic N) is 2. The largest absolute Gasteiger partial charge is 0.497 e. The van der Waals surface area contributed by atoms with Gasteiger partial charge in [-0.25, -0.2) is 0 Å². The highest BCUT2D eigenvalue weighted by Crippen LogP contribution is 2.30.